The summed E-state index contributed by atoms with van der Waals surface area (Å²) in [5.74, 6) is 0.0798. The van der Waals surface area contributed by atoms with E-state index in [2.05, 4.69) is 0 Å². The minimum absolute atomic E-state index is 0.258. The summed E-state index contributed by atoms with van der Waals surface area (Å²) < 4.78 is 10.2. The molecule has 0 saturated heterocycles. The highest BCUT2D eigenvalue weighted by molar-refractivity contribution is 5.85. The van der Waals surface area contributed by atoms with Gasteiger partial charge in [0.25, 0.3) is 0 Å². The van der Waals surface area contributed by atoms with Crippen LogP contribution in [0.4, 0.5) is 0 Å². The van der Waals surface area contributed by atoms with Crippen molar-refractivity contribution in [2.45, 2.75) is 13.8 Å². The number of hydrogen-bond acceptors (Lipinski definition) is 5. The molecule has 0 unspecified atom stereocenters. The van der Waals surface area contributed by atoms with E-state index in [-0.39, 0.29) is 5.75 Å². The molecule has 0 aliphatic rings. The van der Waals surface area contributed by atoms with E-state index < -0.39 is 10.9 Å². The van der Waals surface area contributed by atoms with Gasteiger partial charge in [-0.15, -0.1) is 0 Å². The van der Waals surface area contributed by atoms with Crippen molar-refractivity contribution in [3.05, 3.63) is 51.7 Å². The standard InChI is InChI=1S/C14H15NO5/c1-10(2)8-14(16)20-12-5-4-11(6-7-15(17)18)9-13(12)19-3/h4-9H,1-3H3. The zero-order valence-corrected chi connectivity index (χ0v) is 11.5. The lowest BCUT2D eigenvalue weighted by molar-refractivity contribution is -0.400. The van der Waals surface area contributed by atoms with E-state index in [1.807, 2.05) is 0 Å². The average Bonchev–Trinajstić information content (AvgIpc) is 2.36. The average molecular weight is 277 g/mol. The van der Waals surface area contributed by atoms with Crippen LogP contribution in [-0.4, -0.2) is 18.0 Å². The number of ether oxygens (including phenoxy) is 2. The number of carbonyl (C=O) groups is 1. The SMILES string of the molecule is COc1cc(C=C[N+](=O)[O-])ccc1OC(=O)C=C(C)C. The lowest BCUT2D eigenvalue weighted by Gasteiger charge is -2.08. The number of carbonyl (C=O) groups excluding carboxylic acids is 1. The number of benzene rings is 1. The van der Waals surface area contributed by atoms with E-state index in [1.54, 1.807) is 26.0 Å². The van der Waals surface area contributed by atoms with Gasteiger partial charge in [-0.1, -0.05) is 11.6 Å². The van der Waals surface area contributed by atoms with Gasteiger partial charge in [0.2, 0.25) is 6.20 Å². The number of rotatable bonds is 5. The number of nitro groups is 1. The molecule has 0 heterocycles. The van der Waals surface area contributed by atoms with Crippen LogP contribution in [0.5, 0.6) is 11.5 Å². The van der Waals surface area contributed by atoms with E-state index in [1.165, 1.54) is 25.3 Å². The number of allylic oxidation sites excluding steroid dienone is 1. The van der Waals surface area contributed by atoms with E-state index in [0.29, 0.717) is 11.3 Å². The van der Waals surface area contributed by atoms with Crippen LogP contribution in [0.2, 0.25) is 0 Å². The van der Waals surface area contributed by atoms with Gasteiger partial charge < -0.3 is 9.47 Å². The fourth-order valence-corrected chi connectivity index (χ4v) is 1.39. The molecule has 0 aliphatic heterocycles. The van der Waals surface area contributed by atoms with Crippen molar-refractivity contribution >= 4 is 12.0 Å². The maximum absolute atomic E-state index is 11.5. The number of hydrogen-bond donors (Lipinski definition) is 0. The molecule has 1 aromatic rings. The summed E-state index contributed by atoms with van der Waals surface area (Å²) in [5, 5.41) is 10.3. The Hall–Kier alpha value is -2.63. The normalized spacial score (nSPS) is 10.2. The summed E-state index contributed by atoms with van der Waals surface area (Å²) >= 11 is 0. The summed E-state index contributed by atoms with van der Waals surface area (Å²) in [4.78, 5) is 21.2. The van der Waals surface area contributed by atoms with Crippen LogP contribution in [0, 0.1) is 10.1 Å². The first-order chi connectivity index (χ1) is 9.42. The van der Waals surface area contributed by atoms with Crippen LogP contribution in [-0.2, 0) is 4.79 Å². The molecule has 6 heteroatoms. The predicted molar refractivity (Wildman–Crippen MR) is 74.1 cm³/mol. The van der Waals surface area contributed by atoms with Gasteiger partial charge in [-0.2, -0.15) is 0 Å². The van der Waals surface area contributed by atoms with Crippen LogP contribution < -0.4 is 9.47 Å². The van der Waals surface area contributed by atoms with Crippen LogP contribution in [0.1, 0.15) is 19.4 Å². The highest BCUT2D eigenvalue weighted by Gasteiger charge is 2.09. The van der Waals surface area contributed by atoms with E-state index in [0.717, 1.165) is 11.8 Å². The molecule has 0 bridgehead atoms. The molecule has 1 rings (SSSR count). The Labute approximate surface area is 116 Å². The molecule has 0 N–H and O–H groups in total. The Bertz CT molecular complexity index is 571. The van der Waals surface area contributed by atoms with Crippen molar-refractivity contribution in [2.75, 3.05) is 7.11 Å². The van der Waals surface area contributed by atoms with Gasteiger partial charge >= 0.3 is 5.97 Å². The topological polar surface area (TPSA) is 78.7 Å². The van der Waals surface area contributed by atoms with Crippen molar-refractivity contribution in [2.24, 2.45) is 0 Å². The number of nitrogens with zero attached hydrogens (tertiary/aromatic N) is 1. The first-order valence-electron chi connectivity index (χ1n) is 5.79. The Morgan fingerprint density at radius 3 is 2.55 bits per heavy atom. The monoisotopic (exact) mass is 277 g/mol. The summed E-state index contributed by atoms with van der Waals surface area (Å²) in [6, 6.07) is 4.66. The van der Waals surface area contributed by atoms with Gasteiger partial charge in [-0.3, -0.25) is 10.1 Å². The summed E-state index contributed by atoms with van der Waals surface area (Å²) in [7, 11) is 1.43. The fraction of sp³-hybridized carbons (Fsp3) is 0.214. The van der Waals surface area contributed by atoms with Gasteiger partial charge in [0.1, 0.15) is 0 Å². The second-order valence-corrected chi connectivity index (χ2v) is 4.15. The molecule has 106 valence electrons. The number of methoxy groups -OCH3 is 1. The van der Waals surface area contributed by atoms with Gasteiger partial charge in [0.05, 0.1) is 12.0 Å². The third-order valence-corrected chi connectivity index (χ3v) is 2.19. The van der Waals surface area contributed by atoms with Crippen molar-refractivity contribution in [3.63, 3.8) is 0 Å². The zero-order valence-electron chi connectivity index (χ0n) is 11.5. The molecule has 0 fully saturated rings. The van der Waals surface area contributed by atoms with Gasteiger partial charge in [0.15, 0.2) is 11.5 Å². The minimum atomic E-state index is -0.560. The Kier molecular flexibility index (Phi) is 5.46. The molecule has 0 aromatic heterocycles. The van der Waals surface area contributed by atoms with Crippen LogP contribution >= 0.6 is 0 Å². The molecular formula is C14H15NO5. The molecule has 20 heavy (non-hydrogen) atoms. The second-order valence-electron chi connectivity index (χ2n) is 4.15. The van der Waals surface area contributed by atoms with Crippen LogP contribution in [0.3, 0.4) is 0 Å². The molecule has 1 aromatic carbocycles. The first-order valence-corrected chi connectivity index (χ1v) is 5.79. The van der Waals surface area contributed by atoms with Crippen LogP contribution in [0.15, 0.2) is 36.0 Å². The van der Waals surface area contributed by atoms with Crippen molar-refractivity contribution in [1.29, 1.82) is 0 Å². The van der Waals surface area contributed by atoms with Gasteiger partial charge in [-0.05, 0) is 31.5 Å². The first kappa shape index (κ1) is 15.4. The van der Waals surface area contributed by atoms with E-state index in [9.17, 15) is 14.9 Å². The van der Waals surface area contributed by atoms with Gasteiger partial charge in [-0.25, -0.2) is 4.79 Å². The highest BCUT2D eigenvalue weighted by atomic mass is 16.6. The molecule has 0 atom stereocenters. The maximum Gasteiger partial charge on any atom is 0.336 e. The lowest BCUT2D eigenvalue weighted by Crippen LogP contribution is -2.05. The molecule has 0 saturated carbocycles. The highest BCUT2D eigenvalue weighted by Crippen LogP contribution is 2.28. The van der Waals surface area contributed by atoms with E-state index >= 15 is 0 Å². The maximum atomic E-state index is 11.5. The Morgan fingerprint density at radius 2 is 2.00 bits per heavy atom. The molecule has 0 amide bonds. The fourth-order valence-electron chi connectivity index (χ4n) is 1.39. The molecule has 6 nitrogen and oxygen atoms in total. The zero-order chi connectivity index (χ0) is 15.1. The van der Waals surface area contributed by atoms with Crippen molar-refractivity contribution in [3.8, 4) is 11.5 Å². The molecule has 0 aliphatic carbocycles. The summed E-state index contributed by atoms with van der Waals surface area (Å²) in [5.41, 5.74) is 1.39. The third-order valence-electron chi connectivity index (χ3n) is 2.19. The Morgan fingerprint density at radius 1 is 1.30 bits per heavy atom. The summed E-state index contributed by atoms with van der Waals surface area (Å²) in [6.07, 6.45) is 3.51. The van der Waals surface area contributed by atoms with Crippen LogP contribution in [0.25, 0.3) is 6.08 Å². The quantitative estimate of drug-likeness (QED) is 0.272. The van der Waals surface area contributed by atoms with Gasteiger partial charge in [0, 0.05) is 12.2 Å². The predicted octanol–water partition coefficient (Wildman–Crippen LogP) is 2.81. The molecule has 0 radical (unpaired) electrons. The number of esters is 1. The largest absolute Gasteiger partial charge is 0.493 e. The smallest absolute Gasteiger partial charge is 0.336 e. The minimum Gasteiger partial charge on any atom is -0.493 e. The molecule has 0 spiro atoms. The second kappa shape index (κ2) is 7.08. The van der Waals surface area contributed by atoms with E-state index in [4.69, 9.17) is 9.47 Å². The van der Waals surface area contributed by atoms with Crippen molar-refractivity contribution in [1.82, 2.24) is 0 Å². The third kappa shape index (κ3) is 4.93. The summed E-state index contributed by atoms with van der Waals surface area (Å²) in [6.45, 7) is 3.56. The van der Waals surface area contributed by atoms with Crippen molar-refractivity contribution < 1.29 is 19.2 Å². The Balaban J connectivity index is 2.96. The lowest BCUT2D eigenvalue weighted by atomic mass is 10.2. The molecular weight excluding hydrogens is 262 g/mol.